The lowest BCUT2D eigenvalue weighted by molar-refractivity contribution is 0.203. The summed E-state index contributed by atoms with van der Waals surface area (Å²) in [6.45, 7) is 2.03. The third-order valence-corrected chi connectivity index (χ3v) is 3.64. The SMILES string of the molecule is CNC(=O)Oc1cccc(N=c2scc(C)n2C)c1. The first-order chi connectivity index (χ1) is 9.10. The van der Waals surface area contributed by atoms with Gasteiger partial charge in [-0.1, -0.05) is 6.07 Å². The van der Waals surface area contributed by atoms with Crippen LogP contribution < -0.4 is 14.9 Å². The molecule has 0 bridgehead atoms. The molecule has 1 N–H and O–H groups in total. The molecule has 0 fully saturated rings. The van der Waals surface area contributed by atoms with Crippen LogP contribution in [0.15, 0.2) is 34.6 Å². The quantitative estimate of drug-likeness (QED) is 0.916. The molecule has 19 heavy (non-hydrogen) atoms. The smallest absolute Gasteiger partial charge is 0.410 e. The second-order valence-corrected chi connectivity index (χ2v) is 4.80. The number of thiazole rings is 1. The van der Waals surface area contributed by atoms with Crippen LogP contribution in [0.2, 0.25) is 0 Å². The minimum atomic E-state index is -0.491. The molecule has 0 saturated carbocycles. The number of ether oxygens (including phenoxy) is 1. The molecule has 0 saturated heterocycles. The minimum absolute atomic E-state index is 0.469. The van der Waals surface area contributed by atoms with Gasteiger partial charge in [0.25, 0.3) is 0 Å². The fourth-order valence-corrected chi connectivity index (χ4v) is 2.33. The average molecular weight is 277 g/mol. The van der Waals surface area contributed by atoms with Gasteiger partial charge < -0.3 is 14.6 Å². The van der Waals surface area contributed by atoms with Gasteiger partial charge in [0, 0.05) is 31.2 Å². The summed E-state index contributed by atoms with van der Waals surface area (Å²) in [5, 5.41) is 4.45. The third-order valence-electron chi connectivity index (χ3n) is 2.61. The molecule has 0 aliphatic rings. The van der Waals surface area contributed by atoms with Crippen molar-refractivity contribution in [2.75, 3.05) is 7.05 Å². The van der Waals surface area contributed by atoms with Crippen molar-refractivity contribution in [2.45, 2.75) is 6.92 Å². The second-order valence-electron chi connectivity index (χ2n) is 3.97. The zero-order valence-corrected chi connectivity index (χ0v) is 11.8. The number of aromatic nitrogens is 1. The van der Waals surface area contributed by atoms with Gasteiger partial charge >= 0.3 is 6.09 Å². The van der Waals surface area contributed by atoms with Gasteiger partial charge in [-0.05, 0) is 19.1 Å². The first-order valence-corrected chi connectivity index (χ1v) is 6.63. The molecule has 1 amide bonds. The molecule has 2 aromatic rings. The van der Waals surface area contributed by atoms with E-state index in [1.165, 1.54) is 7.05 Å². The molecular formula is C13H15N3O2S. The summed E-state index contributed by atoms with van der Waals surface area (Å²) >= 11 is 1.57. The molecule has 5 nitrogen and oxygen atoms in total. The van der Waals surface area contributed by atoms with E-state index in [-0.39, 0.29) is 0 Å². The molecule has 0 spiro atoms. The number of nitrogens with zero attached hydrogens (tertiary/aromatic N) is 2. The van der Waals surface area contributed by atoms with E-state index in [0.717, 1.165) is 16.2 Å². The lowest BCUT2D eigenvalue weighted by Crippen LogP contribution is -2.21. The normalized spacial score (nSPS) is 11.4. The monoisotopic (exact) mass is 277 g/mol. The Labute approximate surface area is 115 Å². The van der Waals surface area contributed by atoms with E-state index >= 15 is 0 Å². The summed E-state index contributed by atoms with van der Waals surface area (Å²) in [5.41, 5.74) is 1.90. The van der Waals surface area contributed by atoms with Gasteiger partial charge in [0.1, 0.15) is 5.75 Å². The number of carbonyl (C=O) groups is 1. The molecule has 0 aliphatic carbocycles. The van der Waals surface area contributed by atoms with Crippen LogP contribution in [0.4, 0.5) is 10.5 Å². The third kappa shape index (κ3) is 3.23. The van der Waals surface area contributed by atoms with E-state index in [1.807, 2.05) is 30.0 Å². The summed E-state index contributed by atoms with van der Waals surface area (Å²) in [6, 6.07) is 7.11. The van der Waals surface area contributed by atoms with Crippen molar-refractivity contribution < 1.29 is 9.53 Å². The van der Waals surface area contributed by atoms with Crippen LogP contribution >= 0.6 is 11.3 Å². The molecule has 2 rings (SSSR count). The number of nitrogens with one attached hydrogen (secondary N) is 1. The number of aryl methyl sites for hydroxylation is 1. The van der Waals surface area contributed by atoms with Crippen molar-refractivity contribution in [3.05, 3.63) is 40.1 Å². The molecule has 100 valence electrons. The van der Waals surface area contributed by atoms with E-state index in [9.17, 15) is 4.79 Å². The molecule has 1 aromatic carbocycles. The standard InChI is InChI=1S/C13H15N3O2S/c1-9-8-19-12(16(9)3)15-10-5-4-6-11(7-10)18-13(17)14-2/h4-8H,1-3H3,(H,14,17). The predicted molar refractivity (Wildman–Crippen MR) is 74.8 cm³/mol. The highest BCUT2D eigenvalue weighted by atomic mass is 32.1. The Morgan fingerprint density at radius 3 is 2.89 bits per heavy atom. The van der Waals surface area contributed by atoms with Crippen LogP contribution in [-0.2, 0) is 7.05 Å². The van der Waals surface area contributed by atoms with Crippen molar-refractivity contribution in [1.82, 2.24) is 9.88 Å². The molecule has 0 aliphatic heterocycles. The van der Waals surface area contributed by atoms with Gasteiger partial charge in [0.15, 0.2) is 4.80 Å². The largest absolute Gasteiger partial charge is 0.412 e. The highest BCUT2D eigenvalue weighted by Crippen LogP contribution is 2.19. The summed E-state index contributed by atoms with van der Waals surface area (Å²) < 4.78 is 7.07. The maximum atomic E-state index is 11.1. The van der Waals surface area contributed by atoms with Crippen molar-refractivity contribution in [2.24, 2.45) is 12.0 Å². The average Bonchev–Trinajstić information content (AvgIpc) is 2.71. The number of hydrogen-bond donors (Lipinski definition) is 1. The van der Waals surface area contributed by atoms with E-state index < -0.39 is 6.09 Å². The van der Waals surface area contributed by atoms with Crippen molar-refractivity contribution in [3.63, 3.8) is 0 Å². The molecule has 0 unspecified atom stereocenters. The topological polar surface area (TPSA) is 55.6 Å². The summed E-state index contributed by atoms with van der Waals surface area (Å²) in [6.07, 6.45) is -0.491. The fourth-order valence-electron chi connectivity index (χ4n) is 1.43. The van der Waals surface area contributed by atoms with Crippen LogP contribution in [0.5, 0.6) is 5.75 Å². The van der Waals surface area contributed by atoms with Crippen molar-refractivity contribution >= 4 is 23.1 Å². The van der Waals surface area contributed by atoms with Gasteiger partial charge in [-0.15, -0.1) is 11.3 Å². The number of rotatable bonds is 2. The number of carbonyl (C=O) groups excluding carboxylic acids is 1. The zero-order chi connectivity index (χ0) is 13.8. The van der Waals surface area contributed by atoms with Crippen LogP contribution in [0.1, 0.15) is 5.69 Å². The van der Waals surface area contributed by atoms with E-state index in [2.05, 4.69) is 10.3 Å². The van der Waals surface area contributed by atoms with Gasteiger partial charge in [0.05, 0.1) is 5.69 Å². The highest BCUT2D eigenvalue weighted by Gasteiger charge is 2.02. The first-order valence-electron chi connectivity index (χ1n) is 5.75. The Kier molecular flexibility index (Phi) is 4.01. The maximum absolute atomic E-state index is 11.1. The molecule has 1 aromatic heterocycles. The molecule has 0 radical (unpaired) electrons. The van der Waals surface area contributed by atoms with Crippen LogP contribution in [-0.4, -0.2) is 17.7 Å². The lowest BCUT2D eigenvalue weighted by atomic mass is 10.3. The number of hydrogen-bond acceptors (Lipinski definition) is 4. The number of amides is 1. The van der Waals surface area contributed by atoms with Gasteiger partial charge in [-0.25, -0.2) is 9.79 Å². The lowest BCUT2D eigenvalue weighted by Gasteiger charge is -2.03. The zero-order valence-electron chi connectivity index (χ0n) is 11.0. The number of benzene rings is 1. The molecule has 0 atom stereocenters. The highest BCUT2D eigenvalue weighted by molar-refractivity contribution is 7.07. The van der Waals surface area contributed by atoms with Crippen LogP contribution in [0.25, 0.3) is 0 Å². The Morgan fingerprint density at radius 2 is 2.26 bits per heavy atom. The molecule has 6 heteroatoms. The van der Waals surface area contributed by atoms with E-state index in [0.29, 0.717) is 5.75 Å². The first kappa shape index (κ1) is 13.4. The molecular weight excluding hydrogens is 262 g/mol. The summed E-state index contributed by atoms with van der Waals surface area (Å²) in [4.78, 5) is 16.6. The Balaban J connectivity index is 2.32. The minimum Gasteiger partial charge on any atom is -0.410 e. The van der Waals surface area contributed by atoms with Crippen molar-refractivity contribution in [3.8, 4) is 5.75 Å². The molecule has 1 heterocycles. The van der Waals surface area contributed by atoms with E-state index in [4.69, 9.17) is 4.74 Å². The Hall–Kier alpha value is -2.08. The van der Waals surface area contributed by atoms with Gasteiger partial charge in [-0.3, -0.25) is 0 Å². The summed E-state index contributed by atoms with van der Waals surface area (Å²) in [5.74, 6) is 0.469. The van der Waals surface area contributed by atoms with Crippen molar-refractivity contribution in [1.29, 1.82) is 0 Å². The fraction of sp³-hybridized carbons (Fsp3) is 0.231. The van der Waals surface area contributed by atoms with Crippen LogP contribution in [0, 0.1) is 6.92 Å². The van der Waals surface area contributed by atoms with E-state index in [1.54, 1.807) is 29.5 Å². The van der Waals surface area contributed by atoms with Gasteiger partial charge in [-0.2, -0.15) is 0 Å². The van der Waals surface area contributed by atoms with Gasteiger partial charge in [0.2, 0.25) is 0 Å². The predicted octanol–water partition coefficient (Wildman–Crippen LogP) is 2.35. The van der Waals surface area contributed by atoms with Crippen LogP contribution in [0.3, 0.4) is 0 Å². The maximum Gasteiger partial charge on any atom is 0.412 e. The second kappa shape index (κ2) is 5.71. The summed E-state index contributed by atoms with van der Waals surface area (Å²) in [7, 11) is 3.49. The Morgan fingerprint density at radius 1 is 1.47 bits per heavy atom. The Bertz CT molecular complexity index is 658.